The highest BCUT2D eigenvalue weighted by atomic mass is 35.5. The lowest BCUT2D eigenvalue weighted by molar-refractivity contribution is 1.17. The van der Waals surface area contributed by atoms with Crippen molar-refractivity contribution in [3.05, 3.63) is 46.9 Å². The van der Waals surface area contributed by atoms with E-state index in [0.717, 1.165) is 0 Å². The van der Waals surface area contributed by atoms with E-state index in [1.807, 2.05) is 12.1 Å². The van der Waals surface area contributed by atoms with E-state index in [-0.39, 0.29) is 0 Å². The van der Waals surface area contributed by atoms with Crippen molar-refractivity contribution in [2.75, 3.05) is 5.32 Å². The van der Waals surface area contributed by atoms with Crippen molar-refractivity contribution in [2.45, 2.75) is 0 Å². The van der Waals surface area contributed by atoms with E-state index < -0.39 is 0 Å². The molecule has 1 N–H and O–H groups in total. The molecule has 0 aliphatic heterocycles. The van der Waals surface area contributed by atoms with E-state index in [1.165, 1.54) is 6.33 Å². The molecule has 0 aliphatic rings. The second-order valence-electron chi connectivity index (χ2n) is 3.33. The summed E-state index contributed by atoms with van der Waals surface area (Å²) in [6.45, 7) is 0. The number of aromatic nitrogens is 2. The van der Waals surface area contributed by atoms with Crippen LogP contribution in [0.4, 0.5) is 11.5 Å². The zero-order valence-corrected chi connectivity index (χ0v) is 9.81. The smallest absolute Gasteiger partial charge is 0.135 e. The summed E-state index contributed by atoms with van der Waals surface area (Å²) in [6.07, 6.45) is 1.33. The lowest BCUT2D eigenvalue weighted by atomic mass is 10.1. The van der Waals surface area contributed by atoms with Crippen LogP contribution in [0, 0.1) is 22.7 Å². The lowest BCUT2D eigenvalue weighted by Gasteiger charge is -2.06. The summed E-state index contributed by atoms with van der Waals surface area (Å²) < 4.78 is 0. The van der Waals surface area contributed by atoms with Crippen LogP contribution >= 0.6 is 11.6 Å². The standard InChI is InChI=1S/C12H6ClN5/c13-11-4-12(17-7-16-11)18-10-2-1-8(5-14)9(3-10)6-15/h1-4,7H,(H,16,17,18). The molecule has 6 heteroatoms. The van der Waals surface area contributed by atoms with Crippen molar-refractivity contribution < 1.29 is 0 Å². The van der Waals surface area contributed by atoms with Crippen molar-refractivity contribution in [1.82, 2.24) is 9.97 Å². The van der Waals surface area contributed by atoms with Crippen molar-refractivity contribution in [3.63, 3.8) is 0 Å². The number of nitrogens with one attached hydrogen (secondary N) is 1. The summed E-state index contributed by atoms with van der Waals surface area (Å²) >= 11 is 5.73. The molecule has 1 heterocycles. The van der Waals surface area contributed by atoms with Crippen molar-refractivity contribution in [2.24, 2.45) is 0 Å². The minimum atomic E-state index is 0.308. The molecule has 0 amide bonds. The van der Waals surface area contributed by atoms with Gasteiger partial charge in [0.1, 0.15) is 29.4 Å². The molecule has 0 bridgehead atoms. The highest BCUT2D eigenvalue weighted by Crippen LogP contribution is 2.19. The number of halogens is 1. The van der Waals surface area contributed by atoms with Crippen molar-refractivity contribution in [3.8, 4) is 12.1 Å². The van der Waals surface area contributed by atoms with Gasteiger partial charge in [-0.15, -0.1) is 0 Å². The van der Waals surface area contributed by atoms with Gasteiger partial charge in [0.25, 0.3) is 0 Å². The van der Waals surface area contributed by atoms with Crippen LogP contribution in [0.1, 0.15) is 11.1 Å². The van der Waals surface area contributed by atoms with E-state index >= 15 is 0 Å². The van der Waals surface area contributed by atoms with Gasteiger partial charge in [-0.25, -0.2) is 9.97 Å². The molecular weight excluding hydrogens is 250 g/mol. The van der Waals surface area contributed by atoms with Gasteiger partial charge in [-0.3, -0.25) is 0 Å². The maximum Gasteiger partial charge on any atom is 0.135 e. The molecule has 0 fully saturated rings. The molecule has 0 radical (unpaired) electrons. The van der Waals surface area contributed by atoms with Crippen molar-refractivity contribution >= 4 is 23.1 Å². The van der Waals surface area contributed by atoms with Crippen LogP contribution in [0.3, 0.4) is 0 Å². The fourth-order valence-corrected chi connectivity index (χ4v) is 1.51. The average Bonchev–Trinajstić information content (AvgIpc) is 2.38. The molecule has 0 atom stereocenters. The Hall–Kier alpha value is -2.63. The minimum Gasteiger partial charge on any atom is -0.340 e. The third-order valence-corrected chi connectivity index (χ3v) is 2.37. The summed E-state index contributed by atoms with van der Waals surface area (Å²) in [7, 11) is 0. The molecule has 0 saturated heterocycles. The molecule has 1 aromatic carbocycles. The van der Waals surface area contributed by atoms with Gasteiger partial charge in [-0.1, -0.05) is 11.6 Å². The van der Waals surface area contributed by atoms with Crippen LogP contribution in [0.25, 0.3) is 0 Å². The summed E-state index contributed by atoms with van der Waals surface area (Å²) in [6, 6.07) is 10.3. The Morgan fingerprint density at radius 3 is 2.50 bits per heavy atom. The number of hydrogen-bond donors (Lipinski definition) is 1. The van der Waals surface area contributed by atoms with Gasteiger partial charge < -0.3 is 5.32 Å². The first-order chi connectivity index (χ1) is 8.72. The first-order valence-corrected chi connectivity index (χ1v) is 5.29. The quantitative estimate of drug-likeness (QED) is 0.834. The fourth-order valence-electron chi connectivity index (χ4n) is 1.36. The first kappa shape index (κ1) is 11.8. The molecule has 0 spiro atoms. The van der Waals surface area contributed by atoms with E-state index in [1.54, 1.807) is 24.3 Å². The van der Waals surface area contributed by atoms with E-state index in [9.17, 15) is 0 Å². The molecule has 0 unspecified atom stereocenters. The SMILES string of the molecule is N#Cc1ccc(Nc2cc(Cl)ncn2)cc1C#N. The number of hydrogen-bond acceptors (Lipinski definition) is 5. The zero-order chi connectivity index (χ0) is 13.0. The number of nitriles is 2. The van der Waals surface area contributed by atoms with E-state index in [2.05, 4.69) is 15.3 Å². The Bertz CT molecular complexity index is 669. The van der Waals surface area contributed by atoms with Gasteiger partial charge in [0, 0.05) is 11.8 Å². The highest BCUT2D eigenvalue weighted by Gasteiger charge is 2.04. The Morgan fingerprint density at radius 1 is 1.06 bits per heavy atom. The molecule has 2 aromatic rings. The maximum atomic E-state index is 8.91. The topological polar surface area (TPSA) is 85.4 Å². The monoisotopic (exact) mass is 255 g/mol. The second kappa shape index (κ2) is 5.13. The largest absolute Gasteiger partial charge is 0.340 e. The normalized spacial score (nSPS) is 9.28. The molecule has 0 saturated carbocycles. The van der Waals surface area contributed by atoms with Gasteiger partial charge in [-0.05, 0) is 18.2 Å². The third kappa shape index (κ3) is 2.54. The van der Waals surface area contributed by atoms with Gasteiger partial charge >= 0.3 is 0 Å². The molecule has 2 rings (SSSR count). The Labute approximate surface area is 108 Å². The van der Waals surface area contributed by atoms with Gasteiger partial charge in [0.2, 0.25) is 0 Å². The van der Waals surface area contributed by atoms with Crippen LogP contribution in [0.5, 0.6) is 0 Å². The van der Waals surface area contributed by atoms with Crippen LogP contribution in [0.2, 0.25) is 5.15 Å². The van der Waals surface area contributed by atoms with Crippen LogP contribution in [0.15, 0.2) is 30.6 Å². The van der Waals surface area contributed by atoms with Crippen LogP contribution < -0.4 is 5.32 Å². The maximum absolute atomic E-state index is 8.91. The number of nitrogens with zero attached hydrogens (tertiary/aromatic N) is 4. The molecule has 18 heavy (non-hydrogen) atoms. The minimum absolute atomic E-state index is 0.308. The average molecular weight is 256 g/mol. The van der Waals surface area contributed by atoms with Crippen LogP contribution in [-0.4, -0.2) is 9.97 Å². The Kier molecular flexibility index (Phi) is 3.38. The summed E-state index contributed by atoms with van der Waals surface area (Å²) in [5, 5.41) is 21.0. The van der Waals surface area contributed by atoms with Gasteiger partial charge in [-0.2, -0.15) is 10.5 Å². The summed E-state index contributed by atoms with van der Waals surface area (Å²) in [5.41, 5.74) is 1.30. The molecule has 1 aromatic heterocycles. The summed E-state index contributed by atoms with van der Waals surface area (Å²) in [4.78, 5) is 7.74. The Balaban J connectivity index is 2.31. The highest BCUT2D eigenvalue weighted by molar-refractivity contribution is 6.29. The van der Waals surface area contributed by atoms with E-state index in [0.29, 0.717) is 27.8 Å². The van der Waals surface area contributed by atoms with E-state index in [4.69, 9.17) is 22.1 Å². The predicted molar refractivity (Wildman–Crippen MR) is 66.2 cm³/mol. The molecule has 5 nitrogen and oxygen atoms in total. The predicted octanol–water partition coefficient (Wildman–Crippen LogP) is 2.62. The zero-order valence-electron chi connectivity index (χ0n) is 9.05. The lowest BCUT2D eigenvalue weighted by Crippen LogP contribution is -1.95. The first-order valence-electron chi connectivity index (χ1n) is 4.92. The van der Waals surface area contributed by atoms with Crippen LogP contribution in [-0.2, 0) is 0 Å². The summed E-state index contributed by atoms with van der Waals surface area (Å²) in [5.74, 6) is 0.517. The molecule has 0 aliphatic carbocycles. The van der Waals surface area contributed by atoms with Gasteiger partial charge in [0.05, 0.1) is 11.1 Å². The molecular formula is C12H6ClN5. The Morgan fingerprint density at radius 2 is 1.83 bits per heavy atom. The number of rotatable bonds is 2. The fraction of sp³-hybridized carbons (Fsp3) is 0. The second-order valence-corrected chi connectivity index (χ2v) is 3.72. The number of anilines is 2. The third-order valence-electron chi connectivity index (χ3n) is 2.17. The van der Waals surface area contributed by atoms with Gasteiger partial charge in [0.15, 0.2) is 0 Å². The molecule has 86 valence electrons. The number of benzene rings is 1. The van der Waals surface area contributed by atoms with Crippen molar-refractivity contribution in [1.29, 1.82) is 10.5 Å².